The first-order valence-electron chi connectivity index (χ1n) is 8.74. The molecule has 0 spiro atoms. The van der Waals surface area contributed by atoms with Gasteiger partial charge in [-0.05, 0) is 24.5 Å². The van der Waals surface area contributed by atoms with Gasteiger partial charge in [-0.25, -0.2) is 0 Å². The van der Waals surface area contributed by atoms with Gasteiger partial charge in [-0.1, -0.05) is 64.5 Å². The molecule has 1 aliphatic heterocycles. The normalized spacial score (nSPS) is 16.2. The summed E-state index contributed by atoms with van der Waals surface area (Å²) >= 11 is 3.49. The van der Waals surface area contributed by atoms with E-state index in [0.29, 0.717) is 25.9 Å². The van der Waals surface area contributed by atoms with E-state index in [0.717, 1.165) is 15.6 Å². The Bertz CT molecular complexity index is 783. The number of nitrogens with zero attached hydrogens (tertiary/aromatic N) is 1. The van der Waals surface area contributed by atoms with Crippen LogP contribution in [0.25, 0.3) is 0 Å². The van der Waals surface area contributed by atoms with Gasteiger partial charge in [0.15, 0.2) is 0 Å². The SMILES string of the molecule is CC(=O)N1CCC(C(=O)OCc2ccccc2Br)(c2ccccc2)CC1. The summed E-state index contributed by atoms with van der Waals surface area (Å²) in [6, 6.07) is 17.5. The molecule has 2 aromatic rings. The molecule has 0 bridgehead atoms. The number of piperidine rings is 1. The minimum absolute atomic E-state index is 0.0493. The van der Waals surface area contributed by atoms with Crippen molar-refractivity contribution in [3.05, 3.63) is 70.2 Å². The maximum atomic E-state index is 13.1. The second kappa shape index (κ2) is 8.04. The van der Waals surface area contributed by atoms with Crippen molar-refractivity contribution in [2.75, 3.05) is 13.1 Å². The quantitative estimate of drug-likeness (QED) is 0.706. The highest BCUT2D eigenvalue weighted by Gasteiger charge is 2.44. The fraction of sp³-hybridized carbons (Fsp3) is 0.333. The van der Waals surface area contributed by atoms with E-state index in [4.69, 9.17) is 4.74 Å². The number of likely N-dealkylation sites (tertiary alicyclic amines) is 1. The van der Waals surface area contributed by atoms with Gasteiger partial charge in [-0.15, -0.1) is 0 Å². The van der Waals surface area contributed by atoms with Crippen molar-refractivity contribution in [1.82, 2.24) is 4.90 Å². The molecule has 1 amide bonds. The first-order chi connectivity index (χ1) is 12.5. The fourth-order valence-electron chi connectivity index (χ4n) is 3.47. The van der Waals surface area contributed by atoms with Gasteiger partial charge in [0.2, 0.25) is 5.91 Å². The number of ether oxygens (including phenoxy) is 1. The first-order valence-corrected chi connectivity index (χ1v) is 9.54. The predicted octanol–water partition coefficient (Wildman–Crippen LogP) is 4.07. The maximum Gasteiger partial charge on any atom is 0.317 e. The molecule has 5 heteroatoms. The van der Waals surface area contributed by atoms with Gasteiger partial charge in [-0.3, -0.25) is 9.59 Å². The van der Waals surface area contributed by atoms with E-state index in [1.165, 1.54) is 0 Å². The van der Waals surface area contributed by atoms with Crippen LogP contribution in [0.2, 0.25) is 0 Å². The molecule has 0 unspecified atom stereocenters. The minimum atomic E-state index is -0.700. The van der Waals surface area contributed by atoms with Crippen LogP contribution in [0.5, 0.6) is 0 Å². The van der Waals surface area contributed by atoms with E-state index in [-0.39, 0.29) is 18.5 Å². The average Bonchev–Trinajstić information content (AvgIpc) is 2.67. The summed E-state index contributed by atoms with van der Waals surface area (Å²) in [7, 11) is 0. The van der Waals surface area contributed by atoms with Gasteiger partial charge in [0, 0.05) is 30.0 Å². The van der Waals surface area contributed by atoms with E-state index >= 15 is 0 Å². The smallest absolute Gasteiger partial charge is 0.317 e. The molecule has 1 heterocycles. The molecule has 3 rings (SSSR count). The number of hydrogen-bond donors (Lipinski definition) is 0. The summed E-state index contributed by atoms with van der Waals surface area (Å²) in [6.45, 7) is 2.93. The van der Waals surface area contributed by atoms with Crippen molar-refractivity contribution in [1.29, 1.82) is 0 Å². The number of esters is 1. The monoisotopic (exact) mass is 415 g/mol. The van der Waals surface area contributed by atoms with Crippen molar-refractivity contribution < 1.29 is 14.3 Å². The van der Waals surface area contributed by atoms with E-state index in [1.807, 2.05) is 54.6 Å². The lowest BCUT2D eigenvalue weighted by Gasteiger charge is -2.40. The maximum absolute atomic E-state index is 13.1. The zero-order valence-corrected chi connectivity index (χ0v) is 16.4. The second-order valence-electron chi connectivity index (χ2n) is 6.62. The van der Waals surface area contributed by atoms with Crippen LogP contribution in [0.1, 0.15) is 30.9 Å². The second-order valence-corrected chi connectivity index (χ2v) is 7.48. The molecular formula is C21H22BrNO3. The van der Waals surface area contributed by atoms with Crippen LogP contribution in [0.4, 0.5) is 0 Å². The predicted molar refractivity (Wildman–Crippen MR) is 104 cm³/mol. The van der Waals surface area contributed by atoms with Gasteiger partial charge in [0.25, 0.3) is 0 Å². The molecule has 0 aliphatic carbocycles. The standard InChI is InChI=1S/C21H22BrNO3/c1-16(24)23-13-11-21(12-14-23,18-8-3-2-4-9-18)20(25)26-15-17-7-5-6-10-19(17)22/h2-10H,11-15H2,1H3. The number of carbonyl (C=O) groups excluding carboxylic acids is 2. The molecule has 2 aromatic carbocycles. The third-order valence-corrected chi connectivity index (χ3v) is 5.87. The Hall–Kier alpha value is -2.14. The van der Waals surface area contributed by atoms with Crippen molar-refractivity contribution in [2.45, 2.75) is 31.8 Å². The highest BCUT2D eigenvalue weighted by molar-refractivity contribution is 9.10. The van der Waals surface area contributed by atoms with Crippen molar-refractivity contribution >= 4 is 27.8 Å². The van der Waals surface area contributed by atoms with E-state index in [2.05, 4.69) is 15.9 Å². The molecule has 0 N–H and O–H groups in total. The number of hydrogen-bond acceptors (Lipinski definition) is 3. The van der Waals surface area contributed by atoms with E-state index in [9.17, 15) is 9.59 Å². The largest absolute Gasteiger partial charge is 0.460 e. The lowest BCUT2D eigenvalue weighted by atomic mass is 9.72. The van der Waals surface area contributed by atoms with Crippen LogP contribution in [-0.2, 0) is 26.3 Å². The van der Waals surface area contributed by atoms with Crippen LogP contribution in [0, 0.1) is 0 Å². The molecule has 0 radical (unpaired) electrons. The summed E-state index contributed by atoms with van der Waals surface area (Å²) in [5, 5.41) is 0. The summed E-state index contributed by atoms with van der Waals surface area (Å²) in [5.74, 6) is -0.170. The van der Waals surface area contributed by atoms with Gasteiger partial charge in [-0.2, -0.15) is 0 Å². The lowest BCUT2D eigenvalue weighted by Crippen LogP contribution is -2.49. The van der Waals surface area contributed by atoms with Gasteiger partial charge < -0.3 is 9.64 Å². The van der Waals surface area contributed by atoms with Crippen LogP contribution < -0.4 is 0 Å². The molecule has 0 aromatic heterocycles. The Kier molecular flexibility index (Phi) is 5.77. The Labute approximate surface area is 162 Å². The van der Waals surface area contributed by atoms with E-state index in [1.54, 1.807) is 11.8 Å². The Balaban J connectivity index is 1.81. The van der Waals surface area contributed by atoms with Crippen LogP contribution >= 0.6 is 15.9 Å². The Morgan fingerprint density at radius 3 is 2.27 bits per heavy atom. The molecule has 4 nitrogen and oxygen atoms in total. The average molecular weight is 416 g/mol. The van der Waals surface area contributed by atoms with Gasteiger partial charge in [0.1, 0.15) is 6.61 Å². The van der Waals surface area contributed by atoms with Crippen molar-refractivity contribution in [3.63, 3.8) is 0 Å². The summed E-state index contributed by atoms with van der Waals surface area (Å²) in [6.07, 6.45) is 1.15. The first kappa shape index (κ1) is 18.6. The van der Waals surface area contributed by atoms with Crippen LogP contribution in [-0.4, -0.2) is 29.9 Å². The molecule has 1 saturated heterocycles. The summed E-state index contributed by atoms with van der Waals surface area (Å²) in [4.78, 5) is 26.6. The zero-order chi connectivity index (χ0) is 18.6. The highest BCUT2D eigenvalue weighted by Crippen LogP contribution is 2.37. The molecule has 26 heavy (non-hydrogen) atoms. The van der Waals surface area contributed by atoms with Crippen LogP contribution in [0.3, 0.4) is 0 Å². The Morgan fingerprint density at radius 1 is 1.04 bits per heavy atom. The molecule has 0 saturated carbocycles. The fourth-order valence-corrected chi connectivity index (χ4v) is 3.87. The van der Waals surface area contributed by atoms with E-state index < -0.39 is 5.41 Å². The van der Waals surface area contributed by atoms with Crippen molar-refractivity contribution in [3.8, 4) is 0 Å². The molecule has 1 fully saturated rings. The van der Waals surface area contributed by atoms with Crippen LogP contribution in [0.15, 0.2) is 59.1 Å². The Morgan fingerprint density at radius 2 is 1.65 bits per heavy atom. The molecule has 136 valence electrons. The highest BCUT2D eigenvalue weighted by atomic mass is 79.9. The van der Waals surface area contributed by atoms with Gasteiger partial charge in [0.05, 0.1) is 5.41 Å². The zero-order valence-electron chi connectivity index (χ0n) is 14.8. The number of benzene rings is 2. The third-order valence-electron chi connectivity index (χ3n) is 5.10. The molecular weight excluding hydrogens is 394 g/mol. The topological polar surface area (TPSA) is 46.6 Å². The third kappa shape index (κ3) is 3.83. The summed E-state index contributed by atoms with van der Waals surface area (Å²) < 4.78 is 6.65. The lowest BCUT2D eigenvalue weighted by molar-refractivity contribution is -0.155. The summed E-state index contributed by atoms with van der Waals surface area (Å²) in [5.41, 5.74) is 1.19. The number of amides is 1. The minimum Gasteiger partial charge on any atom is -0.460 e. The number of rotatable bonds is 4. The molecule has 0 atom stereocenters. The molecule has 1 aliphatic rings. The van der Waals surface area contributed by atoms with Gasteiger partial charge >= 0.3 is 5.97 Å². The number of halogens is 1. The number of carbonyl (C=O) groups is 2. The van der Waals surface area contributed by atoms with Crippen molar-refractivity contribution in [2.24, 2.45) is 0 Å².